The van der Waals surface area contributed by atoms with Crippen LogP contribution in [0, 0.1) is 0 Å². The SMILES string of the molecule is c1ccc(-c2nc(-c3ccccc3)nc(-c3ccc(-n4c5ccccc5c5ccc(-c6ccc7c(c6)sc6ccccc67)cc54)nc3)n2)cc1. The second kappa shape index (κ2) is 11.6. The number of hydrogen-bond donors (Lipinski definition) is 0. The van der Waals surface area contributed by atoms with Gasteiger partial charge in [0.25, 0.3) is 0 Å². The van der Waals surface area contributed by atoms with E-state index in [4.69, 9.17) is 19.9 Å². The summed E-state index contributed by atoms with van der Waals surface area (Å²) in [6.45, 7) is 0. The van der Waals surface area contributed by atoms with Gasteiger partial charge in [-0.3, -0.25) is 4.57 Å². The van der Waals surface area contributed by atoms with Gasteiger partial charge in [0.2, 0.25) is 0 Å². The molecule has 0 bridgehead atoms. The first-order chi connectivity index (χ1) is 24.8. The van der Waals surface area contributed by atoms with E-state index in [1.54, 1.807) is 0 Å². The second-order valence-corrected chi connectivity index (χ2v) is 13.4. The Kier molecular flexibility index (Phi) is 6.60. The maximum absolute atomic E-state index is 5.03. The van der Waals surface area contributed by atoms with Gasteiger partial charge in [0, 0.05) is 53.8 Å². The fourth-order valence-corrected chi connectivity index (χ4v) is 8.04. The van der Waals surface area contributed by atoms with Gasteiger partial charge in [0.1, 0.15) is 5.82 Å². The smallest absolute Gasteiger partial charge is 0.165 e. The van der Waals surface area contributed by atoms with E-state index in [1.165, 1.54) is 42.1 Å². The molecule has 10 rings (SSSR count). The molecule has 0 atom stereocenters. The number of benzene rings is 6. The van der Waals surface area contributed by atoms with Crippen molar-refractivity contribution in [2.75, 3.05) is 0 Å². The van der Waals surface area contributed by atoms with E-state index in [2.05, 4.69) is 102 Å². The van der Waals surface area contributed by atoms with Crippen LogP contribution in [-0.4, -0.2) is 24.5 Å². The van der Waals surface area contributed by atoms with Gasteiger partial charge in [-0.1, -0.05) is 121 Å². The van der Waals surface area contributed by atoms with E-state index in [-0.39, 0.29) is 0 Å². The van der Waals surface area contributed by atoms with Crippen LogP contribution in [0.1, 0.15) is 0 Å². The summed E-state index contributed by atoms with van der Waals surface area (Å²) >= 11 is 1.85. The number of thiophene rings is 1. The summed E-state index contributed by atoms with van der Waals surface area (Å²) in [4.78, 5) is 19.7. The monoisotopic (exact) mass is 657 g/mol. The molecule has 234 valence electrons. The zero-order valence-electron chi connectivity index (χ0n) is 26.7. The summed E-state index contributed by atoms with van der Waals surface area (Å²) in [6, 6.07) is 54.9. The van der Waals surface area contributed by atoms with E-state index >= 15 is 0 Å². The molecular weight excluding hydrogens is 631 g/mol. The predicted octanol–water partition coefficient (Wildman–Crippen LogP) is 11.4. The van der Waals surface area contributed by atoms with Crippen LogP contribution in [0.25, 0.3) is 93.1 Å². The Morgan fingerprint density at radius 3 is 1.62 bits per heavy atom. The third kappa shape index (κ3) is 4.77. The van der Waals surface area contributed by atoms with Crippen LogP contribution >= 0.6 is 11.3 Å². The lowest BCUT2D eigenvalue weighted by molar-refractivity contribution is 1.05. The maximum Gasteiger partial charge on any atom is 0.165 e. The number of pyridine rings is 1. The highest BCUT2D eigenvalue weighted by atomic mass is 32.1. The van der Waals surface area contributed by atoms with Gasteiger partial charge >= 0.3 is 0 Å². The number of rotatable bonds is 5. The van der Waals surface area contributed by atoms with E-state index in [1.807, 2.05) is 78.2 Å². The summed E-state index contributed by atoms with van der Waals surface area (Å²) in [6.07, 6.45) is 1.87. The molecule has 0 N–H and O–H groups in total. The Bertz CT molecular complexity index is 2800. The van der Waals surface area contributed by atoms with Crippen molar-refractivity contribution >= 4 is 53.3 Å². The molecule has 0 saturated carbocycles. The summed E-state index contributed by atoms with van der Waals surface area (Å²) in [5, 5.41) is 5.00. The summed E-state index contributed by atoms with van der Waals surface area (Å²) in [7, 11) is 0. The number of aromatic nitrogens is 5. The van der Waals surface area contributed by atoms with Crippen molar-refractivity contribution in [2.45, 2.75) is 0 Å². The first kappa shape index (κ1) is 28.5. The van der Waals surface area contributed by atoms with Crippen molar-refractivity contribution in [1.82, 2.24) is 24.5 Å². The number of hydrogen-bond acceptors (Lipinski definition) is 5. The molecule has 0 aliphatic rings. The Labute approximate surface area is 291 Å². The second-order valence-electron chi connectivity index (χ2n) is 12.3. The number of nitrogens with zero attached hydrogens (tertiary/aromatic N) is 5. The molecule has 0 aliphatic heterocycles. The molecule has 0 fully saturated rings. The van der Waals surface area contributed by atoms with Crippen molar-refractivity contribution in [3.05, 3.63) is 164 Å². The Morgan fingerprint density at radius 1 is 0.380 bits per heavy atom. The molecule has 4 heterocycles. The molecule has 10 aromatic rings. The highest BCUT2D eigenvalue weighted by molar-refractivity contribution is 7.25. The first-order valence-electron chi connectivity index (χ1n) is 16.6. The molecule has 0 unspecified atom stereocenters. The van der Waals surface area contributed by atoms with Crippen molar-refractivity contribution < 1.29 is 0 Å². The molecule has 0 saturated heterocycles. The van der Waals surface area contributed by atoms with Gasteiger partial charge in [-0.2, -0.15) is 0 Å². The molecule has 0 aliphatic carbocycles. The van der Waals surface area contributed by atoms with Gasteiger partial charge in [0.15, 0.2) is 17.5 Å². The zero-order chi connectivity index (χ0) is 33.0. The number of fused-ring (bicyclic) bond motifs is 6. The third-order valence-electron chi connectivity index (χ3n) is 9.32. The van der Waals surface area contributed by atoms with Crippen molar-refractivity contribution in [3.8, 4) is 51.1 Å². The first-order valence-corrected chi connectivity index (χ1v) is 17.4. The molecule has 0 spiro atoms. The van der Waals surface area contributed by atoms with Crippen LogP contribution in [0.5, 0.6) is 0 Å². The average Bonchev–Trinajstić information content (AvgIpc) is 3.73. The van der Waals surface area contributed by atoms with Crippen LogP contribution in [-0.2, 0) is 0 Å². The van der Waals surface area contributed by atoms with Crippen molar-refractivity contribution in [2.24, 2.45) is 0 Å². The van der Waals surface area contributed by atoms with Gasteiger partial charge in [0.05, 0.1) is 11.0 Å². The van der Waals surface area contributed by atoms with Crippen molar-refractivity contribution in [3.63, 3.8) is 0 Å². The lowest BCUT2D eigenvalue weighted by atomic mass is 10.0. The van der Waals surface area contributed by atoms with Gasteiger partial charge < -0.3 is 0 Å². The standard InChI is InChI=1S/C44H27N5S/c1-3-11-28(12-4-1)42-46-43(29-13-5-2-6-14-29)48-44(47-42)32-21-24-41(45-27-32)49-37-17-9-7-15-33(37)34-22-19-30(25-38(34)49)31-20-23-36-35-16-8-10-18-39(35)50-40(36)26-31/h1-27H. The quantitative estimate of drug-likeness (QED) is 0.185. The van der Waals surface area contributed by atoms with E-state index in [0.717, 1.165) is 33.5 Å². The fourth-order valence-electron chi connectivity index (χ4n) is 6.89. The minimum atomic E-state index is 0.581. The Balaban J connectivity index is 1.09. The predicted molar refractivity (Wildman–Crippen MR) is 207 cm³/mol. The lowest BCUT2D eigenvalue weighted by Gasteiger charge is -2.10. The lowest BCUT2D eigenvalue weighted by Crippen LogP contribution is -2.01. The van der Waals surface area contributed by atoms with Crippen LogP contribution < -0.4 is 0 Å². The van der Waals surface area contributed by atoms with Crippen LogP contribution in [0.3, 0.4) is 0 Å². The Morgan fingerprint density at radius 2 is 0.920 bits per heavy atom. The molecule has 50 heavy (non-hydrogen) atoms. The largest absolute Gasteiger partial charge is 0.294 e. The van der Waals surface area contributed by atoms with Crippen LogP contribution in [0.15, 0.2) is 164 Å². The minimum Gasteiger partial charge on any atom is -0.294 e. The fraction of sp³-hybridized carbons (Fsp3) is 0. The molecule has 6 heteroatoms. The summed E-state index contributed by atoms with van der Waals surface area (Å²) in [5.74, 6) is 2.67. The van der Waals surface area contributed by atoms with Crippen molar-refractivity contribution in [1.29, 1.82) is 0 Å². The molecular formula is C44H27N5S. The minimum absolute atomic E-state index is 0.581. The molecule has 4 aromatic heterocycles. The third-order valence-corrected chi connectivity index (χ3v) is 10.5. The maximum atomic E-state index is 5.03. The summed E-state index contributed by atoms with van der Waals surface area (Å²) < 4.78 is 4.87. The Hall–Kier alpha value is -6.50. The molecule has 6 aromatic carbocycles. The van der Waals surface area contributed by atoms with Gasteiger partial charge in [-0.25, -0.2) is 19.9 Å². The highest BCUT2D eigenvalue weighted by Gasteiger charge is 2.17. The van der Waals surface area contributed by atoms with E-state index in [9.17, 15) is 0 Å². The summed E-state index contributed by atoms with van der Waals surface area (Å²) in [5.41, 5.74) is 7.28. The molecule has 0 radical (unpaired) electrons. The molecule has 0 amide bonds. The zero-order valence-corrected chi connectivity index (χ0v) is 27.5. The van der Waals surface area contributed by atoms with Gasteiger partial charge in [-0.15, -0.1) is 11.3 Å². The van der Waals surface area contributed by atoms with Crippen LogP contribution in [0.4, 0.5) is 0 Å². The molecule has 5 nitrogen and oxygen atoms in total. The normalized spacial score (nSPS) is 11.6. The number of para-hydroxylation sites is 1. The topological polar surface area (TPSA) is 56.5 Å². The average molecular weight is 658 g/mol. The van der Waals surface area contributed by atoms with E-state index < -0.39 is 0 Å². The highest BCUT2D eigenvalue weighted by Crippen LogP contribution is 2.38. The van der Waals surface area contributed by atoms with E-state index in [0.29, 0.717) is 17.5 Å². The van der Waals surface area contributed by atoms with Crippen LogP contribution in [0.2, 0.25) is 0 Å². The van der Waals surface area contributed by atoms with Gasteiger partial charge in [-0.05, 0) is 47.5 Å².